The molecule has 0 heterocycles. The number of hydrogen-bond acceptors (Lipinski definition) is 3. The maximum absolute atomic E-state index is 12.5. The Bertz CT molecular complexity index is 1080. The van der Waals surface area contributed by atoms with Gasteiger partial charge in [0.15, 0.2) is 0 Å². The van der Waals surface area contributed by atoms with E-state index in [1.165, 1.54) is 24.3 Å². The van der Waals surface area contributed by atoms with E-state index < -0.39 is 10.0 Å². The standard InChI is InChI=1S/C20H17ClN2O3S/c1-14-5-4-6-15(13-14)20(24)22-16-9-11-17(12-10-16)27(25,26)23-19-8-3-2-7-18(19)21/h2-13,23H,1H3,(H,22,24). The first-order valence-electron chi connectivity index (χ1n) is 8.10. The van der Waals surface area contributed by atoms with Gasteiger partial charge >= 0.3 is 0 Å². The van der Waals surface area contributed by atoms with E-state index in [1.807, 2.05) is 13.0 Å². The normalized spacial score (nSPS) is 11.0. The molecule has 2 N–H and O–H groups in total. The second-order valence-corrected chi connectivity index (χ2v) is 8.02. The molecule has 0 aliphatic rings. The number of aryl methyl sites for hydroxylation is 1. The van der Waals surface area contributed by atoms with Crippen molar-refractivity contribution in [3.63, 3.8) is 0 Å². The molecule has 0 aliphatic carbocycles. The van der Waals surface area contributed by atoms with Crippen molar-refractivity contribution in [2.75, 3.05) is 10.0 Å². The summed E-state index contributed by atoms with van der Waals surface area (Å²) >= 11 is 6.00. The van der Waals surface area contributed by atoms with Gasteiger partial charge < -0.3 is 5.32 Å². The van der Waals surface area contributed by atoms with Crippen molar-refractivity contribution in [2.45, 2.75) is 11.8 Å². The number of para-hydroxylation sites is 1. The van der Waals surface area contributed by atoms with Crippen LogP contribution in [0.15, 0.2) is 77.7 Å². The molecule has 0 fully saturated rings. The highest BCUT2D eigenvalue weighted by Crippen LogP contribution is 2.24. The summed E-state index contributed by atoms with van der Waals surface area (Å²) < 4.78 is 27.4. The highest BCUT2D eigenvalue weighted by molar-refractivity contribution is 7.92. The van der Waals surface area contributed by atoms with Gasteiger partial charge in [-0.05, 0) is 55.5 Å². The fraction of sp³-hybridized carbons (Fsp3) is 0.0500. The molecule has 3 rings (SSSR count). The van der Waals surface area contributed by atoms with E-state index in [2.05, 4.69) is 10.0 Å². The van der Waals surface area contributed by atoms with Gasteiger partial charge in [-0.2, -0.15) is 0 Å². The van der Waals surface area contributed by atoms with E-state index in [0.29, 0.717) is 22.0 Å². The first-order chi connectivity index (χ1) is 12.8. The highest BCUT2D eigenvalue weighted by atomic mass is 35.5. The Morgan fingerprint density at radius 1 is 0.926 bits per heavy atom. The zero-order chi connectivity index (χ0) is 19.4. The van der Waals surface area contributed by atoms with Gasteiger partial charge in [0, 0.05) is 11.3 Å². The largest absolute Gasteiger partial charge is 0.322 e. The van der Waals surface area contributed by atoms with Crippen LogP contribution in [0, 0.1) is 6.92 Å². The maximum atomic E-state index is 12.5. The minimum Gasteiger partial charge on any atom is -0.322 e. The molecular formula is C20H17ClN2O3S. The van der Waals surface area contributed by atoms with Crippen LogP contribution in [0.4, 0.5) is 11.4 Å². The summed E-state index contributed by atoms with van der Waals surface area (Å²) in [7, 11) is -3.79. The summed E-state index contributed by atoms with van der Waals surface area (Å²) in [6.45, 7) is 1.91. The average molecular weight is 401 g/mol. The summed E-state index contributed by atoms with van der Waals surface area (Å²) in [5, 5.41) is 3.06. The van der Waals surface area contributed by atoms with Crippen LogP contribution in [0.3, 0.4) is 0 Å². The van der Waals surface area contributed by atoms with E-state index in [4.69, 9.17) is 11.6 Å². The van der Waals surface area contributed by atoms with Gasteiger partial charge in [-0.3, -0.25) is 9.52 Å². The van der Waals surface area contributed by atoms with Crippen LogP contribution in [-0.2, 0) is 10.0 Å². The van der Waals surface area contributed by atoms with Crippen molar-refractivity contribution in [3.8, 4) is 0 Å². The Morgan fingerprint density at radius 3 is 2.30 bits per heavy atom. The maximum Gasteiger partial charge on any atom is 0.261 e. The van der Waals surface area contributed by atoms with E-state index in [1.54, 1.807) is 42.5 Å². The van der Waals surface area contributed by atoms with Crippen molar-refractivity contribution in [1.82, 2.24) is 0 Å². The average Bonchev–Trinajstić information content (AvgIpc) is 2.64. The minimum atomic E-state index is -3.79. The predicted octanol–water partition coefficient (Wildman–Crippen LogP) is 4.70. The summed E-state index contributed by atoms with van der Waals surface area (Å²) in [5.41, 5.74) is 2.32. The second-order valence-electron chi connectivity index (χ2n) is 5.93. The number of carbonyl (C=O) groups is 1. The van der Waals surface area contributed by atoms with Crippen LogP contribution in [0.2, 0.25) is 5.02 Å². The van der Waals surface area contributed by atoms with E-state index in [9.17, 15) is 13.2 Å². The minimum absolute atomic E-state index is 0.0657. The summed E-state index contributed by atoms with van der Waals surface area (Å²) in [5.74, 6) is -0.261. The van der Waals surface area contributed by atoms with E-state index in [0.717, 1.165) is 5.56 Å². The Hall–Kier alpha value is -2.83. The second kappa shape index (κ2) is 7.82. The SMILES string of the molecule is Cc1cccc(C(=O)Nc2ccc(S(=O)(=O)Nc3ccccc3Cl)cc2)c1. The molecule has 7 heteroatoms. The quantitative estimate of drug-likeness (QED) is 0.651. The molecule has 5 nitrogen and oxygen atoms in total. The zero-order valence-corrected chi connectivity index (χ0v) is 16.0. The lowest BCUT2D eigenvalue weighted by Gasteiger charge is -2.10. The molecule has 0 radical (unpaired) electrons. The molecule has 0 atom stereocenters. The lowest BCUT2D eigenvalue weighted by molar-refractivity contribution is 0.102. The molecule has 0 spiro atoms. The third kappa shape index (κ3) is 4.67. The first-order valence-corrected chi connectivity index (χ1v) is 9.97. The van der Waals surface area contributed by atoms with Crippen molar-refractivity contribution in [2.24, 2.45) is 0 Å². The van der Waals surface area contributed by atoms with Crippen LogP contribution in [0.25, 0.3) is 0 Å². The molecule has 0 unspecified atom stereocenters. The number of hydrogen-bond donors (Lipinski definition) is 2. The molecule has 3 aromatic rings. The van der Waals surface area contributed by atoms with Gasteiger partial charge in [0.2, 0.25) is 0 Å². The lowest BCUT2D eigenvalue weighted by Crippen LogP contribution is -2.14. The van der Waals surface area contributed by atoms with Crippen molar-refractivity contribution in [1.29, 1.82) is 0 Å². The fourth-order valence-electron chi connectivity index (χ4n) is 2.45. The number of sulfonamides is 1. The van der Waals surface area contributed by atoms with Gasteiger partial charge in [-0.25, -0.2) is 8.42 Å². The fourth-order valence-corrected chi connectivity index (χ4v) is 3.77. The number of benzene rings is 3. The van der Waals surface area contributed by atoms with Gasteiger partial charge in [0.25, 0.3) is 15.9 Å². The monoisotopic (exact) mass is 400 g/mol. The molecule has 0 aromatic heterocycles. The zero-order valence-electron chi connectivity index (χ0n) is 14.4. The van der Waals surface area contributed by atoms with Crippen molar-refractivity contribution < 1.29 is 13.2 Å². The topological polar surface area (TPSA) is 75.3 Å². The molecule has 1 amide bonds. The third-order valence-electron chi connectivity index (χ3n) is 3.82. The molecule has 0 saturated carbocycles. The molecule has 138 valence electrons. The van der Waals surface area contributed by atoms with Gasteiger partial charge in [0.1, 0.15) is 0 Å². The van der Waals surface area contributed by atoms with Crippen molar-refractivity contribution in [3.05, 3.63) is 88.9 Å². The van der Waals surface area contributed by atoms with Crippen LogP contribution >= 0.6 is 11.6 Å². The van der Waals surface area contributed by atoms with Crippen LogP contribution in [-0.4, -0.2) is 14.3 Å². The molecule has 27 heavy (non-hydrogen) atoms. The van der Waals surface area contributed by atoms with Gasteiger partial charge in [0.05, 0.1) is 15.6 Å². The Kier molecular flexibility index (Phi) is 5.48. The summed E-state index contributed by atoms with van der Waals surface area (Å²) in [6, 6.07) is 19.7. The number of nitrogens with one attached hydrogen (secondary N) is 2. The predicted molar refractivity (Wildman–Crippen MR) is 108 cm³/mol. The third-order valence-corrected chi connectivity index (χ3v) is 5.53. The number of rotatable bonds is 5. The molecular weight excluding hydrogens is 384 g/mol. The van der Waals surface area contributed by atoms with Crippen LogP contribution in [0.1, 0.15) is 15.9 Å². The summed E-state index contributed by atoms with van der Waals surface area (Å²) in [6.07, 6.45) is 0. The Labute approximate surface area is 163 Å². The number of anilines is 2. The lowest BCUT2D eigenvalue weighted by atomic mass is 10.1. The van der Waals surface area contributed by atoms with Crippen molar-refractivity contribution >= 4 is 38.9 Å². The Morgan fingerprint density at radius 2 is 1.63 bits per heavy atom. The number of carbonyl (C=O) groups excluding carboxylic acids is 1. The van der Waals surface area contributed by atoms with Gasteiger partial charge in [-0.15, -0.1) is 0 Å². The highest BCUT2D eigenvalue weighted by Gasteiger charge is 2.16. The van der Waals surface area contributed by atoms with Crippen LogP contribution in [0.5, 0.6) is 0 Å². The van der Waals surface area contributed by atoms with Gasteiger partial charge in [-0.1, -0.05) is 41.4 Å². The molecule has 3 aromatic carbocycles. The van der Waals surface area contributed by atoms with E-state index >= 15 is 0 Å². The van der Waals surface area contributed by atoms with Crippen LogP contribution < -0.4 is 10.0 Å². The number of halogens is 1. The molecule has 0 aliphatic heterocycles. The Balaban J connectivity index is 1.75. The van der Waals surface area contributed by atoms with E-state index in [-0.39, 0.29) is 10.8 Å². The molecule has 0 saturated heterocycles. The number of amides is 1. The smallest absolute Gasteiger partial charge is 0.261 e. The first kappa shape index (κ1) is 18.9. The molecule has 0 bridgehead atoms. The summed E-state index contributed by atoms with van der Waals surface area (Å²) in [4.78, 5) is 12.3.